The van der Waals surface area contributed by atoms with Crippen LogP contribution in [0.4, 0.5) is 15.8 Å². The molecule has 4 nitrogen and oxygen atoms in total. The van der Waals surface area contributed by atoms with E-state index >= 15 is 0 Å². The van der Waals surface area contributed by atoms with E-state index in [-0.39, 0.29) is 28.5 Å². The minimum absolute atomic E-state index is 0.0374. The Kier molecular flexibility index (Phi) is 5.60. The molecule has 130 valence electrons. The van der Waals surface area contributed by atoms with E-state index in [1.54, 1.807) is 0 Å². The zero-order valence-corrected chi connectivity index (χ0v) is 14.8. The number of anilines is 2. The van der Waals surface area contributed by atoms with E-state index in [1.165, 1.54) is 30.0 Å². The summed E-state index contributed by atoms with van der Waals surface area (Å²) in [7, 11) is 0. The number of amides is 2. The molecule has 0 saturated heterocycles. The Balaban J connectivity index is 1.52. The molecule has 7 heteroatoms. The van der Waals surface area contributed by atoms with Gasteiger partial charge in [-0.25, -0.2) is 4.39 Å². The number of hydrogen-bond donors (Lipinski definition) is 2. The highest BCUT2D eigenvalue weighted by atomic mass is 35.5. The molecule has 2 amide bonds. The van der Waals surface area contributed by atoms with Gasteiger partial charge in [-0.05, 0) is 49.2 Å². The van der Waals surface area contributed by atoms with Crippen LogP contribution in [-0.4, -0.2) is 17.6 Å². The summed E-state index contributed by atoms with van der Waals surface area (Å²) in [6.45, 7) is 0. The van der Waals surface area contributed by atoms with Crippen LogP contribution in [0.3, 0.4) is 0 Å². The third kappa shape index (κ3) is 5.21. The molecule has 1 aliphatic rings. The van der Waals surface area contributed by atoms with E-state index in [0.29, 0.717) is 5.69 Å². The molecule has 1 saturated carbocycles. The van der Waals surface area contributed by atoms with Crippen molar-refractivity contribution in [3.05, 3.63) is 53.3 Å². The lowest BCUT2D eigenvalue weighted by Gasteiger charge is -2.08. The number of thioether (sulfide) groups is 1. The molecular weight excluding hydrogens is 363 g/mol. The van der Waals surface area contributed by atoms with Crippen LogP contribution in [0.2, 0.25) is 5.02 Å². The standard InChI is InChI=1S/C18H16ClFN2O2S/c19-15-9-13(6-7-16(15)20)21-17(23)10-25-14-3-1-2-12(8-14)22-18(24)11-4-5-11/h1-3,6-9,11H,4-5,10H2,(H,21,23)(H,22,24). The molecule has 2 aromatic rings. The van der Waals surface area contributed by atoms with Crippen LogP contribution in [0.5, 0.6) is 0 Å². The molecule has 0 heterocycles. The van der Waals surface area contributed by atoms with Gasteiger partial charge < -0.3 is 10.6 Å². The number of rotatable bonds is 6. The van der Waals surface area contributed by atoms with Gasteiger partial charge in [0.05, 0.1) is 10.8 Å². The van der Waals surface area contributed by atoms with Crippen molar-refractivity contribution in [3.8, 4) is 0 Å². The van der Waals surface area contributed by atoms with E-state index in [9.17, 15) is 14.0 Å². The van der Waals surface area contributed by atoms with Gasteiger partial charge in [-0.1, -0.05) is 17.7 Å². The molecule has 0 unspecified atom stereocenters. The van der Waals surface area contributed by atoms with Crippen molar-refractivity contribution in [2.24, 2.45) is 5.92 Å². The Morgan fingerprint density at radius 1 is 1.12 bits per heavy atom. The first-order valence-corrected chi connectivity index (χ1v) is 9.16. The Bertz CT molecular complexity index is 811. The van der Waals surface area contributed by atoms with Gasteiger partial charge in [-0.2, -0.15) is 0 Å². The monoisotopic (exact) mass is 378 g/mol. The molecule has 0 aliphatic heterocycles. The van der Waals surface area contributed by atoms with Gasteiger partial charge in [0.15, 0.2) is 0 Å². The second-order valence-corrected chi connectivity index (χ2v) is 7.21. The van der Waals surface area contributed by atoms with Crippen molar-refractivity contribution >= 4 is 46.6 Å². The van der Waals surface area contributed by atoms with Crippen molar-refractivity contribution in [3.63, 3.8) is 0 Å². The van der Waals surface area contributed by atoms with Gasteiger partial charge in [-0.15, -0.1) is 11.8 Å². The highest BCUT2D eigenvalue weighted by molar-refractivity contribution is 8.00. The summed E-state index contributed by atoms with van der Waals surface area (Å²) in [5.41, 5.74) is 1.18. The van der Waals surface area contributed by atoms with Crippen molar-refractivity contribution in [2.45, 2.75) is 17.7 Å². The molecule has 2 aromatic carbocycles. The van der Waals surface area contributed by atoms with Gasteiger partial charge in [0.1, 0.15) is 5.82 Å². The molecule has 2 N–H and O–H groups in total. The third-order valence-electron chi connectivity index (χ3n) is 3.62. The molecule has 0 atom stereocenters. The van der Waals surface area contributed by atoms with E-state index in [1.807, 2.05) is 24.3 Å². The molecule has 0 spiro atoms. The van der Waals surface area contributed by atoms with Crippen LogP contribution < -0.4 is 10.6 Å². The lowest BCUT2D eigenvalue weighted by molar-refractivity contribution is -0.117. The second-order valence-electron chi connectivity index (χ2n) is 5.76. The molecule has 3 rings (SSSR count). The zero-order chi connectivity index (χ0) is 17.8. The smallest absolute Gasteiger partial charge is 0.234 e. The molecular formula is C18H16ClFN2O2S. The Labute approximate surface area is 154 Å². The highest BCUT2D eigenvalue weighted by Gasteiger charge is 2.29. The van der Waals surface area contributed by atoms with Crippen LogP contribution in [0.1, 0.15) is 12.8 Å². The predicted octanol–water partition coefficient (Wildman–Crippen LogP) is 4.56. The van der Waals surface area contributed by atoms with Gasteiger partial charge in [-0.3, -0.25) is 9.59 Å². The minimum atomic E-state index is -0.529. The minimum Gasteiger partial charge on any atom is -0.326 e. The Morgan fingerprint density at radius 2 is 1.88 bits per heavy atom. The van der Waals surface area contributed by atoms with Gasteiger partial charge in [0.25, 0.3) is 0 Å². The predicted molar refractivity (Wildman–Crippen MR) is 98.6 cm³/mol. The summed E-state index contributed by atoms with van der Waals surface area (Å²) in [4.78, 5) is 24.7. The molecule has 1 fully saturated rings. The van der Waals surface area contributed by atoms with E-state index in [0.717, 1.165) is 23.4 Å². The first kappa shape index (κ1) is 17.8. The lowest BCUT2D eigenvalue weighted by Crippen LogP contribution is -2.14. The topological polar surface area (TPSA) is 58.2 Å². The molecule has 0 bridgehead atoms. The van der Waals surface area contributed by atoms with E-state index in [2.05, 4.69) is 10.6 Å². The Hall–Kier alpha value is -2.05. The number of carbonyl (C=O) groups is 2. The summed E-state index contributed by atoms with van der Waals surface area (Å²) in [5.74, 6) is -0.369. The van der Waals surface area contributed by atoms with Crippen LogP contribution in [-0.2, 0) is 9.59 Å². The first-order valence-electron chi connectivity index (χ1n) is 7.80. The normalized spacial score (nSPS) is 13.4. The van der Waals surface area contributed by atoms with Crippen LogP contribution >= 0.6 is 23.4 Å². The maximum absolute atomic E-state index is 13.1. The number of nitrogens with one attached hydrogen (secondary N) is 2. The lowest BCUT2D eigenvalue weighted by atomic mass is 10.3. The summed E-state index contributed by atoms with van der Waals surface area (Å²) >= 11 is 7.04. The van der Waals surface area contributed by atoms with Crippen molar-refractivity contribution in [1.29, 1.82) is 0 Å². The summed E-state index contributed by atoms with van der Waals surface area (Å²) in [6, 6.07) is 11.4. The molecule has 25 heavy (non-hydrogen) atoms. The number of halogens is 2. The highest BCUT2D eigenvalue weighted by Crippen LogP contribution is 2.31. The fraction of sp³-hybridized carbons (Fsp3) is 0.222. The first-order chi connectivity index (χ1) is 12.0. The molecule has 0 radical (unpaired) electrons. The fourth-order valence-corrected chi connectivity index (χ4v) is 3.11. The average Bonchev–Trinajstić information content (AvgIpc) is 3.42. The average molecular weight is 379 g/mol. The maximum atomic E-state index is 13.1. The van der Waals surface area contributed by atoms with E-state index in [4.69, 9.17) is 11.6 Å². The number of benzene rings is 2. The summed E-state index contributed by atoms with van der Waals surface area (Å²) < 4.78 is 13.1. The Morgan fingerprint density at radius 3 is 2.60 bits per heavy atom. The van der Waals surface area contributed by atoms with Crippen LogP contribution in [0, 0.1) is 11.7 Å². The molecule has 0 aromatic heterocycles. The second kappa shape index (κ2) is 7.89. The number of carbonyl (C=O) groups excluding carboxylic acids is 2. The quantitative estimate of drug-likeness (QED) is 0.724. The maximum Gasteiger partial charge on any atom is 0.234 e. The van der Waals surface area contributed by atoms with Crippen LogP contribution in [0.15, 0.2) is 47.4 Å². The summed E-state index contributed by atoms with van der Waals surface area (Å²) in [5, 5.41) is 5.51. The van der Waals surface area contributed by atoms with Gasteiger partial charge in [0.2, 0.25) is 11.8 Å². The van der Waals surface area contributed by atoms with Gasteiger partial charge >= 0.3 is 0 Å². The number of hydrogen-bond acceptors (Lipinski definition) is 3. The van der Waals surface area contributed by atoms with Crippen molar-refractivity contribution in [1.82, 2.24) is 0 Å². The summed E-state index contributed by atoms with van der Waals surface area (Å²) in [6.07, 6.45) is 1.90. The molecule has 1 aliphatic carbocycles. The third-order valence-corrected chi connectivity index (χ3v) is 4.91. The van der Waals surface area contributed by atoms with Gasteiger partial charge in [0, 0.05) is 22.2 Å². The largest absolute Gasteiger partial charge is 0.326 e. The van der Waals surface area contributed by atoms with E-state index < -0.39 is 5.82 Å². The SMILES string of the molecule is O=C(CSc1cccc(NC(=O)C2CC2)c1)Nc1ccc(F)c(Cl)c1. The van der Waals surface area contributed by atoms with Crippen molar-refractivity contribution in [2.75, 3.05) is 16.4 Å². The fourth-order valence-electron chi connectivity index (χ4n) is 2.17. The van der Waals surface area contributed by atoms with Crippen LogP contribution in [0.25, 0.3) is 0 Å². The van der Waals surface area contributed by atoms with Crippen molar-refractivity contribution < 1.29 is 14.0 Å². The zero-order valence-electron chi connectivity index (χ0n) is 13.2.